The van der Waals surface area contributed by atoms with Crippen molar-refractivity contribution >= 4 is 0 Å². The number of aromatic amines is 1. The van der Waals surface area contributed by atoms with Crippen molar-refractivity contribution in [3.05, 3.63) is 79.3 Å². The Balaban J connectivity index is 0.000000153. The molecule has 2 heteroatoms. The van der Waals surface area contributed by atoms with Gasteiger partial charge in [-0.25, -0.2) is 0 Å². The van der Waals surface area contributed by atoms with E-state index in [1.165, 1.54) is 11.3 Å². The molecular weight excluding hydrogens is 208 g/mol. The first-order valence-electron chi connectivity index (χ1n) is 5.50. The molecule has 0 fully saturated rings. The van der Waals surface area contributed by atoms with E-state index in [1.54, 1.807) is 12.4 Å². The highest BCUT2D eigenvalue weighted by Crippen LogP contribution is 2.14. The molecule has 84 valence electrons. The van der Waals surface area contributed by atoms with Gasteiger partial charge in [-0.2, -0.15) is 0 Å². The fourth-order valence-electron chi connectivity index (χ4n) is 1.44. The van der Waals surface area contributed by atoms with E-state index in [2.05, 4.69) is 28.2 Å². The maximum atomic E-state index is 3.78. The summed E-state index contributed by atoms with van der Waals surface area (Å²) in [6, 6.07) is 20.1. The van der Waals surface area contributed by atoms with E-state index in [9.17, 15) is 0 Å². The Morgan fingerprint density at radius 2 is 1.41 bits per heavy atom. The second-order valence-electron chi connectivity index (χ2n) is 3.47. The first-order chi connectivity index (χ1) is 8.47. The van der Waals surface area contributed by atoms with Crippen LogP contribution in [-0.2, 0) is 0 Å². The maximum Gasteiger partial charge on any atom is 0.0453 e. The largest absolute Gasteiger partial charge is 0.361 e. The topological polar surface area (TPSA) is 28.7 Å². The van der Waals surface area contributed by atoms with Gasteiger partial charge in [-0.3, -0.25) is 4.98 Å². The van der Waals surface area contributed by atoms with Crippen LogP contribution in [0.3, 0.4) is 0 Å². The van der Waals surface area contributed by atoms with Crippen molar-refractivity contribution in [2.24, 2.45) is 0 Å². The molecule has 2 nitrogen and oxygen atoms in total. The SMILES string of the molecule is c1ccc(-c2ccc[nH]2)cc1.c1ccncc1. The molecular formula is C15H14N2. The number of H-pyrrole nitrogens is 1. The molecule has 0 saturated carbocycles. The van der Waals surface area contributed by atoms with Crippen LogP contribution >= 0.6 is 0 Å². The van der Waals surface area contributed by atoms with E-state index in [4.69, 9.17) is 0 Å². The molecule has 2 heterocycles. The monoisotopic (exact) mass is 222 g/mol. The fraction of sp³-hybridized carbons (Fsp3) is 0. The number of nitrogens with one attached hydrogen (secondary N) is 1. The number of hydrogen-bond acceptors (Lipinski definition) is 1. The third kappa shape index (κ3) is 3.61. The standard InChI is InChI=1S/C10H9N.C5H5N/c1-2-5-9(6-3-1)10-7-4-8-11-10;1-2-4-6-5-3-1/h1-8,11H;1-5H. The zero-order valence-electron chi connectivity index (χ0n) is 9.45. The van der Waals surface area contributed by atoms with E-state index in [1.807, 2.05) is 48.7 Å². The van der Waals surface area contributed by atoms with Gasteiger partial charge in [-0.05, 0) is 29.8 Å². The summed E-state index contributed by atoms with van der Waals surface area (Å²) >= 11 is 0. The summed E-state index contributed by atoms with van der Waals surface area (Å²) in [4.78, 5) is 6.94. The lowest BCUT2D eigenvalue weighted by Gasteiger charge is -1.94. The Kier molecular flexibility index (Phi) is 4.12. The van der Waals surface area contributed by atoms with Crippen molar-refractivity contribution in [3.63, 3.8) is 0 Å². The fourth-order valence-corrected chi connectivity index (χ4v) is 1.44. The average molecular weight is 222 g/mol. The van der Waals surface area contributed by atoms with Crippen molar-refractivity contribution in [1.82, 2.24) is 9.97 Å². The van der Waals surface area contributed by atoms with Crippen molar-refractivity contribution in [2.45, 2.75) is 0 Å². The predicted molar refractivity (Wildman–Crippen MR) is 70.5 cm³/mol. The van der Waals surface area contributed by atoms with E-state index in [0.29, 0.717) is 0 Å². The molecule has 2 aromatic heterocycles. The molecule has 0 aliphatic carbocycles. The average Bonchev–Trinajstić information content (AvgIpc) is 2.96. The van der Waals surface area contributed by atoms with E-state index in [-0.39, 0.29) is 0 Å². The van der Waals surface area contributed by atoms with E-state index in [0.717, 1.165) is 0 Å². The van der Waals surface area contributed by atoms with Crippen LogP contribution in [0.25, 0.3) is 11.3 Å². The molecule has 1 N–H and O–H groups in total. The van der Waals surface area contributed by atoms with Crippen molar-refractivity contribution in [1.29, 1.82) is 0 Å². The van der Waals surface area contributed by atoms with Crippen molar-refractivity contribution in [2.75, 3.05) is 0 Å². The molecule has 0 atom stereocenters. The highest BCUT2D eigenvalue weighted by Gasteiger charge is 1.93. The maximum absolute atomic E-state index is 3.78. The predicted octanol–water partition coefficient (Wildman–Crippen LogP) is 3.76. The number of benzene rings is 1. The van der Waals surface area contributed by atoms with Crippen LogP contribution in [0.1, 0.15) is 0 Å². The summed E-state index contributed by atoms with van der Waals surface area (Å²) in [7, 11) is 0. The van der Waals surface area contributed by atoms with Gasteiger partial charge in [-0.15, -0.1) is 0 Å². The smallest absolute Gasteiger partial charge is 0.0453 e. The minimum Gasteiger partial charge on any atom is -0.361 e. The molecule has 3 aromatic rings. The third-order valence-corrected chi connectivity index (χ3v) is 2.25. The molecule has 0 amide bonds. The van der Waals surface area contributed by atoms with E-state index >= 15 is 0 Å². The second-order valence-corrected chi connectivity index (χ2v) is 3.47. The summed E-state index contributed by atoms with van der Waals surface area (Å²) in [6.07, 6.45) is 5.43. The zero-order valence-corrected chi connectivity index (χ0v) is 9.45. The van der Waals surface area contributed by atoms with Crippen LogP contribution in [0.4, 0.5) is 0 Å². The van der Waals surface area contributed by atoms with Gasteiger partial charge in [0.05, 0.1) is 0 Å². The Hall–Kier alpha value is -2.35. The van der Waals surface area contributed by atoms with Gasteiger partial charge in [0.15, 0.2) is 0 Å². The van der Waals surface area contributed by atoms with Gasteiger partial charge in [0.25, 0.3) is 0 Å². The highest BCUT2D eigenvalue weighted by atomic mass is 14.7. The number of aromatic nitrogens is 2. The third-order valence-electron chi connectivity index (χ3n) is 2.25. The lowest BCUT2D eigenvalue weighted by atomic mass is 10.2. The number of nitrogens with zero attached hydrogens (tertiary/aromatic N) is 1. The van der Waals surface area contributed by atoms with Crippen LogP contribution in [0.2, 0.25) is 0 Å². The summed E-state index contributed by atoms with van der Waals surface area (Å²) in [5.41, 5.74) is 2.41. The van der Waals surface area contributed by atoms with Gasteiger partial charge in [0.2, 0.25) is 0 Å². The van der Waals surface area contributed by atoms with Crippen LogP contribution in [0.15, 0.2) is 79.3 Å². The van der Waals surface area contributed by atoms with Crippen LogP contribution in [-0.4, -0.2) is 9.97 Å². The molecule has 1 aromatic carbocycles. The lowest BCUT2D eigenvalue weighted by molar-refractivity contribution is 1.33. The minimum absolute atomic E-state index is 1.17. The zero-order chi connectivity index (χ0) is 11.8. The molecule has 0 saturated heterocycles. The second kappa shape index (κ2) is 6.28. The van der Waals surface area contributed by atoms with E-state index < -0.39 is 0 Å². The first-order valence-corrected chi connectivity index (χ1v) is 5.50. The van der Waals surface area contributed by atoms with Gasteiger partial charge in [0, 0.05) is 24.3 Å². The van der Waals surface area contributed by atoms with Crippen molar-refractivity contribution in [3.8, 4) is 11.3 Å². The van der Waals surface area contributed by atoms with Gasteiger partial charge >= 0.3 is 0 Å². The summed E-state index contributed by atoms with van der Waals surface area (Å²) < 4.78 is 0. The number of hydrogen-bond donors (Lipinski definition) is 1. The van der Waals surface area contributed by atoms with Gasteiger partial charge in [0.1, 0.15) is 0 Å². The molecule has 3 rings (SSSR count). The van der Waals surface area contributed by atoms with Gasteiger partial charge < -0.3 is 4.98 Å². The summed E-state index contributed by atoms with van der Waals surface area (Å²) in [5, 5.41) is 0. The molecule has 0 radical (unpaired) electrons. The van der Waals surface area contributed by atoms with Crippen LogP contribution in [0, 0.1) is 0 Å². The number of rotatable bonds is 1. The summed E-state index contributed by atoms with van der Waals surface area (Å²) in [6.45, 7) is 0. The first kappa shape index (κ1) is 11.1. The number of pyridine rings is 1. The lowest BCUT2D eigenvalue weighted by Crippen LogP contribution is -1.73. The molecule has 0 aliphatic rings. The molecule has 0 unspecified atom stereocenters. The normalized spacial score (nSPS) is 9.18. The molecule has 0 bridgehead atoms. The Bertz CT molecular complexity index is 474. The van der Waals surface area contributed by atoms with Crippen molar-refractivity contribution < 1.29 is 0 Å². The highest BCUT2D eigenvalue weighted by molar-refractivity contribution is 5.58. The summed E-state index contributed by atoms with van der Waals surface area (Å²) in [5.74, 6) is 0. The van der Waals surface area contributed by atoms with Crippen LogP contribution < -0.4 is 0 Å². The Labute approximate surface area is 101 Å². The van der Waals surface area contributed by atoms with Gasteiger partial charge in [-0.1, -0.05) is 36.4 Å². The molecule has 0 spiro atoms. The van der Waals surface area contributed by atoms with Crippen LogP contribution in [0.5, 0.6) is 0 Å². The Morgan fingerprint density at radius 3 is 1.88 bits per heavy atom. The molecule has 0 aliphatic heterocycles. The minimum atomic E-state index is 1.17. The Morgan fingerprint density at radius 1 is 0.706 bits per heavy atom. The molecule has 17 heavy (non-hydrogen) atoms. The quantitative estimate of drug-likeness (QED) is 0.667.